The Kier molecular flexibility index (Phi) is 5.00. The minimum atomic E-state index is -4.78. The molecule has 1 rings (SSSR count). The number of alkyl halides is 3. The molecule has 0 heterocycles. The second-order valence-electron chi connectivity index (χ2n) is 3.23. The van der Waals surface area contributed by atoms with Gasteiger partial charge in [-0.1, -0.05) is 17.8 Å². The van der Waals surface area contributed by atoms with Crippen LogP contribution in [-0.2, 0) is 4.79 Å². The zero-order valence-corrected chi connectivity index (χ0v) is 9.79. The van der Waals surface area contributed by atoms with E-state index < -0.39 is 29.9 Å². The summed E-state index contributed by atoms with van der Waals surface area (Å²) in [5.41, 5.74) is 5.27. The van der Waals surface area contributed by atoms with E-state index in [-0.39, 0.29) is 4.90 Å². The van der Waals surface area contributed by atoms with Gasteiger partial charge in [0.05, 0.1) is 12.6 Å². The SMILES string of the molecule is N[C@H](CO)C(=O)Sc1cccc(OC(F)(F)F)c1. The van der Waals surface area contributed by atoms with Crippen LogP contribution in [0.15, 0.2) is 29.2 Å². The number of nitrogens with two attached hydrogens (primary N) is 1. The number of carbonyl (C=O) groups is 1. The van der Waals surface area contributed by atoms with Crippen molar-refractivity contribution >= 4 is 16.9 Å². The summed E-state index contributed by atoms with van der Waals surface area (Å²) in [5, 5.41) is 8.12. The molecule has 0 saturated heterocycles. The van der Waals surface area contributed by atoms with Crippen LogP contribution >= 0.6 is 11.8 Å². The molecule has 4 nitrogen and oxygen atoms in total. The van der Waals surface area contributed by atoms with Crippen LogP contribution in [0.25, 0.3) is 0 Å². The van der Waals surface area contributed by atoms with Gasteiger partial charge in [0.15, 0.2) is 0 Å². The Morgan fingerprint density at radius 1 is 1.50 bits per heavy atom. The lowest BCUT2D eigenvalue weighted by Crippen LogP contribution is -2.31. The van der Waals surface area contributed by atoms with Crippen molar-refractivity contribution in [3.05, 3.63) is 24.3 Å². The highest BCUT2D eigenvalue weighted by Gasteiger charge is 2.31. The highest BCUT2D eigenvalue weighted by Crippen LogP contribution is 2.28. The Balaban J connectivity index is 2.74. The average molecular weight is 281 g/mol. The second kappa shape index (κ2) is 6.07. The lowest BCUT2D eigenvalue weighted by atomic mass is 10.3. The molecule has 0 aromatic heterocycles. The van der Waals surface area contributed by atoms with Gasteiger partial charge in [0.2, 0.25) is 5.12 Å². The molecular weight excluding hydrogens is 271 g/mol. The third-order valence-corrected chi connectivity index (χ3v) is 2.75. The Bertz CT molecular complexity index is 425. The van der Waals surface area contributed by atoms with Gasteiger partial charge >= 0.3 is 6.36 Å². The lowest BCUT2D eigenvalue weighted by molar-refractivity contribution is -0.274. The fourth-order valence-electron chi connectivity index (χ4n) is 1.00. The molecule has 0 aliphatic carbocycles. The van der Waals surface area contributed by atoms with Crippen LogP contribution in [0.2, 0.25) is 0 Å². The molecule has 0 aliphatic heterocycles. The van der Waals surface area contributed by atoms with Crippen LogP contribution in [-0.4, -0.2) is 29.2 Å². The summed E-state index contributed by atoms with van der Waals surface area (Å²) in [4.78, 5) is 11.6. The normalized spacial score (nSPS) is 13.2. The monoisotopic (exact) mass is 281 g/mol. The maximum atomic E-state index is 12.0. The first-order valence-electron chi connectivity index (χ1n) is 4.76. The molecular formula is C10H10F3NO3S. The van der Waals surface area contributed by atoms with E-state index in [4.69, 9.17) is 10.8 Å². The summed E-state index contributed by atoms with van der Waals surface area (Å²) in [6.45, 7) is -0.523. The largest absolute Gasteiger partial charge is 0.573 e. The molecule has 1 aromatic carbocycles. The number of hydrogen-bond acceptors (Lipinski definition) is 5. The van der Waals surface area contributed by atoms with E-state index in [1.165, 1.54) is 12.1 Å². The quantitative estimate of drug-likeness (QED) is 0.819. The van der Waals surface area contributed by atoms with Crippen molar-refractivity contribution in [2.24, 2.45) is 5.73 Å². The zero-order chi connectivity index (χ0) is 13.8. The van der Waals surface area contributed by atoms with Gasteiger partial charge in [0.25, 0.3) is 0 Å². The molecule has 100 valence electrons. The van der Waals surface area contributed by atoms with Crippen molar-refractivity contribution in [1.82, 2.24) is 0 Å². The molecule has 0 spiro atoms. The predicted octanol–water partition coefficient (Wildman–Crippen LogP) is 1.52. The van der Waals surface area contributed by atoms with Gasteiger partial charge in [-0.2, -0.15) is 0 Å². The van der Waals surface area contributed by atoms with Gasteiger partial charge < -0.3 is 15.6 Å². The van der Waals surface area contributed by atoms with Crippen molar-refractivity contribution in [2.75, 3.05) is 6.61 Å². The van der Waals surface area contributed by atoms with Gasteiger partial charge in [-0.3, -0.25) is 4.79 Å². The molecule has 8 heteroatoms. The summed E-state index contributed by atoms with van der Waals surface area (Å²) >= 11 is 0.645. The second-order valence-corrected chi connectivity index (χ2v) is 4.31. The number of aliphatic hydroxyl groups is 1. The van der Waals surface area contributed by atoms with E-state index in [0.717, 1.165) is 12.1 Å². The van der Waals surface area contributed by atoms with Crippen LogP contribution in [0, 0.1) is 0 Å². The molecule has 3 N–H and O–H groups in total. The Labute approximate surface area is 105 Å². The number of aliphatic hydroxyl groups excluding tert-OH is 1. The topological polar surface area (TPSA) is 72.5 Å². The predicted molar refractivity (Wildman–Crippen MR) is 59.1 cm³/mol. The van der Waals surface area contributed by atoms with Crippen LogP contribution in [0.4, 0.5) is 13.2 Å². The third kappa shape index (κ3) is 4.94. The van der Waals surface area contributed by atoms with Gasteiger partial charge in [-0.15, -0.1) is 13.2 Å². The van der Waals surface area contributed by atoms with Crippen molar-refractivity contribution in [1.29, 1.82) is 0 Å². The number of carbonyl (C=O) groups excluding carboxylic acids is 1. The minimum Gasteiger partial charge on any atom is -0.406 e. The third-order valence-electron chi connectivity index (χ3n) is 1.76. The summed E-state index contributed by atoms with van der Waals surface area (Å²) in [5.74, 6) is -0.419. The smallest absolute Gasteiger partial charge is 0.406 e. The van der Waals surface area contributed by atoms with Gasteiger partial charge in [0.1, 0.15) is 5.75 Å². The summed E-state index contributed by atoms with van der Waals surface area (Å²) in [7, 11) is 0. The van der Waals surface area contributed by atoms with Crippen LogP contribution in [0.5, 0.6) is 5.75 Å². The van der Waals surface area contributed by atoms with Crippen LogP contribution < -0.4 is 10.5 Å². The Morgan fingerprint density at radius 2 is 2.17 bits per heavy atom. The Hall–Kier alpha value is -1.25. The van der Waals surface area contributed by atoms with Gasteiger partial charge in [0, 0.05) is 4.90 Å². The number of hydrogen-bond donors (Lipinski definition) is 2. The summed E-state index contributed by atoms with van der Waals surface area (Å²) < 4.78 is 39.6. The molecule has 0 unspecified atom stereocenters. The highest BCUT2D eigenvalue weighted by atomic mass is 32.2. The number of halogens is 3. The molecule has 0 radical (unpaired) electrons. The van der Waals surface area contributed by atoms with Crippen molar-refractivity contribution in [3.63, 3.8) is 0 Å². The summed E-state index contributed by atoms with van der Waals surface area (Å²) in [6, 6.07) is 3.88. The standard InChI is InChI=1S/C10H10F3NO3S/c11-10(12,13)17-6-2-1-3-7(4-6)18-9(16)8(14)5-15/h1-4,8,15H,5,14H2/t8-/m1/s1. The minimum absolute atomic E-state index is 0.255. The fraction of sp³-hybridized carbons (Fsp3) is 0.300. The van der Waals surface area contributed by atoms with Crippen molar-refractivity contribution in [3.8, 4) is 5.75 Å². The molecule has 0 saturated carbocycles. The number of ether oxygens (including phenoxy) is 1. The van der Waals surface area contributed by atoms with E-state index in [2.05, 4.69) is 4.74 Å². The molecule has 0 bridgehead atoms. The van der Waals surface area contributed by atoms with Crippen molar-refractivity contribution < 1.29 is 27.8 Å². The van der Waals surface area contributed by atoms with Crippen LogP contribution in [0.1, 0.15) is 0 Å². The average Bonchev–Trinajstić information content (AvgIpc) is 2.26. The van der Waals surface area contributed by atoms with Gasteiger partial charge in [-0.05, 0) is 18.2 Å². The van der Waals surface area contributed by atoms with Crippen LogP contribution in [0.3, 0.4) is 0 Å². The Morgan fingerprint density at radius 3 is 2.72 bits per heavy atom. The molecule has 0 aliphatic rings. The first-order chi connectivity index (χ1) is 8.31. The molecule has 0 fully saturated rings. The van der Waals surface area contributed by atoms with E-state index >= 15 is 0 Å². The van der Waals surface area contributed by atoms with E-state index in [0.29, 0.717) is 11.8 Å². The maximum Gasteiger partial charge on any atom is 0.573 e. The maximum absolute atomic E-state index is 12.0. The zero-order valence-electron chi connectivity index (χ0n) is 8.98. The summed E-state index contributed by atoms with van der Waals surface area (Å²) in [6.07, 6.45) is -4.78. The first-order valence-corrected chi connectivity index (χ1v) is 5.57. The molecule has 1 atom stereocenters. The molecule has 0 amide bonds. The number of thioether (sulfide) groups is 1. The van der Waals surface area contributed by atoms with Gasteiger partial charge in [-0.25, -0.2) is 0 Å². The first kappa shape index (κ1) is 14.8. The molecule has 1 aromatic rings. The van der Waals surface area contributed by atoms with Crippen molar-refractivity contribution in [2.45, 2.75) is 17.3 Å². The van der Waals surface area contributed by atoms with E-state index in [1.807, 2.05) is 0 Å². The highest BCUT2D eigenvalue weighted by molar-refractivity contribution is 8.13. The number of benzene rings is 1. The van der Waals surface area contributed by atoms with E-state index in [9.17, 15) is 18.0 Å². The molecule has 18 heavy (non-hydrogen) atoms. The van der Waals surface area contributed by atoms with E-state index in [1.54, 1.807) is 0 Å². The lowest BCUT2D eigenvalue weighted by Gasteiger charge is -2.10. The number of rotatable bonds is 4. The fourth-order valence-corrected chi connectivity index (χ4v) is 1.78.